The second kappa shape index (κ2) is 4.75. The van der Waals surface area contributed by atoms with E-state index in [2.05, 4.69) is 31.4 Å². The van der Waals surface area contributed by atoms with Gasteiger partial charge in [0.1, 0.15) is 0 Å². The predicted molar refractivity (Wildman–Crippen MR) is 52.1 cm³/mol. The van der Waals surface area contributed by atoms with E-state index in [0.717, 1.165) is 11.8 Å². The third-order valence-electron chi connectivity index (χ3n) is 2.27. The maximum atomic E-state index is 3.40. The fraction of sp³-hybridized carbons (Fsp3) is 0.700. The Hall–Kier alpha value is -0.0500. The van der Waals surface area contributed by atoms with E-state index in [9.17, 15) is 0 Å². The summed E-state index contributed by atoms with van der Waals surface area (Å²) < 4.78 is 0. The normalized spacial score (nSPS) is 27.4. The number of hydrogen-bond acceptors (Lipinski definition) is 0. The van der Waals surface area contributed by atoms with Crippen LogP contribution in [0.3, 0.4) is 0 Å². The van der Waals surface area contributed by atoms with Gasteiger partial charge >= 0.3 is 70.5 Å². The molecule has 0 aliphatic carbocycles. The molecule has 60 valence electrons. The Labute approximate surface area is 71.2 Å². The summed E-state index contributed by atoms with van der Waals surface area (Å²) >= 11 is 0. The van der Waals surface area contributed by atoms with Crippen molar-refractivity contribution in [3.63, 3.8) is 0 Å². The van der Waals surface area contributed by atoms with E-state index < -0.39 is 0 Å². The van der Waals surface area contributed by atoms with Crippen LogP contribution in [0.2, 0.25) is 0 Å². The van der Waals surface area contributed by atoms with Gasteiger partial charge in [-0.1, -0.05) is 0 Å². The van der Waals surface area contributed by atoms with E-state index in [-0.39, 0.29) is 0 Å². The fourth-order valence-corrected chi connectivity index (χ4v) is 2.03. The summed E-state index contributed by atoms with van der Waals surface area (Å²) in [5.74, 6) is 3.90. The van der Waals surface area contributed by atoms with Crippen LogP contribution in [0.5, 0.6) is 0 Å². The quantitative estimate of drug-likeness (QED) is 0.520. The first-order valence-electron chi connectivity index (χ1n) is 4.38. The van der Waals surface area contributed by atoms with Crippen molar-refractivity contribution >= 4 is 8.04 Å². The maximum absolute atomic E-state index is 3.40. The van der Waals surface area contributed by atoms with Crippen LogP contribution in [0.1, 0.15) is 33.1 Å². The molecule has 0 amide bonds. The molecule has 1 unspecified atom stereocenters. The first-order valence-corrected chi connectivity index (χ1v) is 5.35. The Morgan fingerprint density at radius 1 is 1.55 bits per heavy atom. The third-order valence-corrected chi connectivity index (χ3v) is 3.00. The van der Waals surface area contributed by atoms with Gasteiger partial charge in [-0.25, -0.2) is 0 Å². The molecule has 0 radical (unpaired) electrons. The van der Waals surface area contributed by atoms with Gasteiger partial charge in [0, 0.05) is 0 Å². The van der Waals surface area contributed by atoms with E-state index in [4.69, 9.17) is 0 Å². The molecule has 1 aliphatic heterocycles. The summed E-state index contributed by atoms with van der Waals surface area (Å²) in [6.45, 7) is 4.63. The number of hydrogen-bond donors (Lipinski definition) is 0. The van der Waals surface area contributed by atoms with Crippen molar-refractivity contribution in [2.75, 3.05) is 0 Å². The summed E-state index contributed by atoms with van der Waals surface area (Å²) in [5.41, 5.74) is 3.40. The van der Waals surface area contributed by atoms with Crippen molar-refractivity contribution in [2.24, 2.45) is 11.8 Å². The second-order valence-corrected chi connectivity index (χ2v) is 4.33. The molecule has 0 aromatic rings. The van der Waals surface area contributed by atoms with Crippen LogP contribution in [-0.2, 0) is 0 Å². The molecule has 1 heteroatoms. The van der Waals surface area contributed by atoms with Crippen molar-refractivity contribution in [2.45, 2.75) is 33.1 Å². The van der Waals surface area contributed by atoms with Crippen LogP contribution in [0.4, 0.5) is 0 Å². The van der Waals surface area contributed by atoms with Crippen LogP contribution in [-0.4, -0.2) is 0 Å². The van der Waals surface area contributed by atoms with Gasteiger partial charge in [0.15, 0.2) is 0 Å². The van der Waals surface area contributed by atoms with Crippen LogP contribution >= 0.6 is 8.04 Å². The Bertz CT molecular complexity index is 193. The monoisotopic (exact) mass is 167 g/mol. The SMILES string of the molecule is CC(C)C1CC#[P+]/C=C\CC1. The molecule has 1 rings (SSSR count). The summed E-state index contributed by atoms with van der Waals surface area (Å²) in [7, 11) is 1.28. The van der Waals surface area contributed by atoms with Crippen LogP contribution in [0, 0.1) is 17.5 Å². The fourth-order valence-electron chi connectivity index (χ4n) is 1.33. The molecule has 0 bridgehead atoms. The molecule has 1 aliphatic rings. The molecule has 0 N–H and O–H groups in total. The summed E-state index contributed by atoms with van der Waals surface area (Å²) in [5, 5.41) is 0. The molecular formula is C10H16P+. The second-order valence-electron chi connectivity index (χ2n) is 3.46. The Kier molecular flexibility index (Phi) is 3.91. The van der Waals surface area contributed by atoms with E-state index in [1.807, 2.05) is 0 Å². The van der Waals surface area contributed by atoms with Gasteiger partial charge in [-0.05, 0) is 0 Å². The van der Waals surface area contributed by atoms with E-state index in [0.29, 0.717) is 0 Å². The first kappa shape index (κ1) is 9.04. The van der Waals surface area contributed by atoms with Crippen LogP contribution in [0.15, 0.2) is 11.9 Å². The molecule has 0 saturated carbocycles. The zero-order chi connectivity index (χ0) is 8.10. The standard InChI is InChI=1S/C10H16P/c1-9(2)10-5-3-4-7-11-8-6-10/h4,7,9-10H,3,5-6H2,1-2H3/q+1/b7-4-. The topological polar surface area (TPSA) is 0 Å². The minimum absolute atomic E-state index is 0.823. The molecule has 0 spiro atoms. The first-order chi connectivity index (χ1) is 5.30. The van der Waals surface area contributed by atoms with E-state index >= 15 is 0 Å². The Morgan fingerprint density at radius 3 is 3.09 bits per heavy atom. The molecular weight excluding hydrogens is 151 g/mol. The van der Waals surface area contributed by atoms with Gasteiger partial charge in [0.25, 0.3) is 0 Å². The Balaban J connectivity index is 2.50. The van der Waals surface area contributed by atoms with Gasteiger partial charge in [0.2, 0.25) is 0 Å². The molecule has 0 saturated heterocycles. The molecule has 0 fully saturated rings. The molecule has 1 heterocycles. The Morgan fingerprint density at radius 2 is 2.36 bits per heavy atom. The van der Waals surface area contributed by atoms with Gasteiger partial charge in [-0.15, -0.1) is 0 Å². The molecule has 0 aromatic carbocycles. The average Bonchev–Trinajstić information content (AvgIpc) is 1.84. The summed E-state index contributed by atoms with van der Waals surface area (Å²) in [6, 6.07) is 0. The summed E-state index contributed by atoms with van der Waals surface area (Å²) in [6.07, 6.45) is 6.07. The minimum atomic E-state index is 0.823. The number of allylic oxidation sites excluding steroid dienone is 1. The van der Waals surface area contributed by atoms with Crippen molar-refractivity contribution in [3.05, 3.63) is 11.9 Å². The molecule has 0 nitrogen and oxygen atoms in total. The van der Waals surface area contributed by atoms with Crippen molar-refractivity contribution in [1.29, 1.82) is 0 Å². The zero-order valence-corrected chi connectivity index (χ0v) is 8.27. The predicted octanol–water partition coefficient (Wildman–Crippen LogP) is 3.86. The van der Waals surface area contributed by atoms with Crippen molar-refractivity contribution in [1.82, 2.24) is 0 Å². The van der Waals surface area contributed by atoms with Crippen LogP contribution in [0.25, 0.3) is 0 Å². The van der Waals surface area contributed by atoms with Gasteiger partial charge in [-0.2, -0.15) is 0 Å². The molecule has 0 aromatic heterocycles. The van der Waals surface area contributed by atoms with Gasteiger partial charge in [-0.3, -0.25) is 0 Å². The average molecular weight is 167 g/mol. The van der Waals surface area contributed by atoms with Crippen molar-refractivity contribution < 1.29 is 0 Å². The van der Waals surface area contributed by atoms with Crippen LogP contribution < -0.4 is 0 Å². The van der Waals surface area contributed by atoms with E-state index in [1.54, 1.807) is 0 Å². The molecule has 1 atom stereocenters. The number of rotatable bonds is 1. The van der Waals surface area contributed by atoms with Crippen molar-refractivity contribution in [3.8, 4) is 5.63 Å². The van der Waals surface area contributed by atoms with Gasteiger partial charge in [0.05, 0.1) is 0 Å². The zero-order valence-electron chi connectivity index (χ0n) is 7.38. The third kappa shape index (κ3) is 3.23. The van der Waals surface area contributed by atoms with Gasteiger partial charge < -0.3 is 0 Å². The summed E-state index contributed by atoms with van der Waals surface area (Å²) in [4.78, 5) is 0. The molecule has 11 heavy (non-hydrogen) atoms. The van der Waals surface area contributed by atoms with E-state index in [1.165, 1.54) is 27.3 Å².